The van der Waals surface area contributed by atoms with Gasteiger partial charge in [-0.2, -0.15) is 5.10 Å². The van der Waals surface area contributed by atoms with Crippen LogP contribution in [0, 0.1) is 20.8 Å². The Bertz CT molecular complexity index is 1060. The van der Waals surface area contributed by atoms with Crippen LogP contribution in [0.15, 0.2) is 54.9 Å². The summed E-state index contributed by atoms with van der Waals surface area (Å²) < 4.78 is 4.07. The third-order valence-electron chi connectivity index (χ3n) is 4.45. The van der Waals surface area contributed by atoms with Crippen LogP contribution >= 0.6 is 0 Å². The van der Waals surface area contributed by atoms with Crippen LogP contribution < -0.4 is 5.32 Å². The van der Waals surface area contributed by atoms with Crippen LogP contribution in [0.2, 0.25) is 0 Å². The quantitative estimate of drug-likeness (QED) is 0.599. The Morgan fingerprint density at radius 2 is 1.85 bits per heavy atom. The van der Waals surface area contributed by atoms with Crippen molar-refractivity contribution in [2.45, 2.75) is 33.9 Å². The molecule has 1 aromatic carbocycles. The van der Waals surface area contributed by atoms with E-state index in [0.29, 0.717) is 0 Å². The van der Waals surface area contributed by atoms with Gasteiger partial charge in [0.05, 0.1) is 17.1 Å². The summed E-state index contributed by atoms with van der Waals surface area (Å²) in [6.07, 6.45) is 4.19. The molecule has 0 saturated heterocycles. The van der Waals surface area contributed by atoms with Crippen molar-refractivity contribution in [2.75, 3.05) is 0 Å². The molecule has 0 fully saturated rings. The van der Waals surface area contributed by atoms with Gasteiger partial charge < -0.3 is 9.72 Å². The van der Waals surface area contributed by atoms with E-state index in [-0.39, 0.29) is 0 Å². The fourth-order valence-electron chi connectivity index (χ4n) is 3.26. The number of pyridine rings is 1. The summed E-state index contributed by atoms with van der Waals surface area (Å²) in [6.45, 7) is 7.72. The number of fused-ring (bicyclic) bond motifs is 1. The largest absolute Gasteiger partial charge is 0.307 e. The van der Waals surface area contributed by atoms with Gasteiger partial charge in [-0.05, 0) is 56.2 Å². The molecule has 0 spiro atoms. The molecule has 0 bridgehead atoms. The van der Waals surface area contributed by atoms with E-state index in [0.717, 1.165) is 41.5 Å². The Hall–Kier alpha value is -2.92. The van der Waals surface area contributed by atoms with Gasteiger partial charge in [-0.25, -0.2) is 9.67 Å². The fraction of sp³-hybridized carbons (Fsp3) is 0.238. The molecule has 132 valence electrons. The highest BCUT2D eigenvalue weighted by Crippen LogP contribution is 2.14. The third-order valence-corrected chi connectivity index (χ3v) is 4.45. The molecule has 4 aromatic rings. The Morgan fingerprint density at radius 3 is 2.65 bits per heavy atom. The molecule has 1 N–H and O–H groups in total. The van der Waals surface area contributed by atoms with Crippen molar-refractivity contribution in [1.29, 1.82) is 0 Å². The molecule has 0 aliphatic rings. The minimum atomic E-state index is 0.741. The SMILES string of the molecule is Cc1ccc2nc(CNCc3cccc(-n4nc(C)cc4C)c3)cn2c1. The molecule has 0 atom stereocenters. The predicted octanol–water partition coefficient (Wildman–Crippen LogP) is 3.74. The van der Waals surface area contributed by atoms with E-state index in [9.17, 15) is 0 Å². The van der Waals surface area contributed by atoms with Gasteiger partial charge >= 0.3 is 0 Å². The fourth-order valence-corrected chi connectivity index (χ4v) is 3.26. The first-order valence-corrected chi connectivity index (χ1v) is 8.86. The molecule has 0 radical (unpaired) electrons. The standard InChI is InChI=1S/C21H23N5/c1-15-7-8-21-23-19(14-25(21)13-15)12-22-11-18-5-4-6-20(10-18)26-17(3)9-16(2)24-26/h4-10,13-14,22H,11-12H2,1-3H3. The van der Waals surface area contributed by atoms with Gasteiger partial charge in [0.2, 0.25) is 0 Å². The number of imidazole rings is 1. The highest BCUT2D eigenvalue weighted by atomic mass is 15.3. The van der Waals surface area contributed by atoms with E-state index in [1.807, 2.05) is 11.6 Å². The number of hydrogen-bond donors (Lipinski definition) is 1. The van der Waals surface area contributed by atoms with E-state index in [1.54, 1.807) is 0 Å². The zero-order chi connectivity index (χ0) is 18.1. The van der Waals surface area contributed by atoms with Gasteiger partial charge in [0.25, 0.3) is 0 Å². The molecule has 0 unspecified atom stereocenters. The number of nitrogens with one attached hydrogen (secondary N) is 1. The summed E-state index contributed by atoms with van der Waals surface area (Å²) >= 11 is 0. The van der Waals surface area contributed by atoms with Crippen molar-refractivity contribution < 1.29 is 0 Å². The Kier molecular flexibility index (Phi) is 4.31. The van der Waals surface area contributed by atoms with Crippen molar-refractivity contribution in [3.63, 3.8) is 0 Å². The van der Waals surface area contributed by atoms with Gasteiger partial charge in [-0.3, -0.25) is 0 Å². The lowest BCUT2D eigenvalue weighted by Gasteiger charge is -2.08. The maximum absolute atomic E-state index is 4.65. The minimum Gasteiger partial charge on any atom is -0.307 e. The van der Waals surface area contributed by atoms with Crippen molar-refractivity contribution in [1.82, 2.24) is 24.5 Å². The molecule has 0 aliphatic carbocycles. The van der Waals surface area contributed by atoms with E-state index in [4.69, 9.17) is 0 Å². The van der Waals surface area contributed by atoms with Crippen molar-refractivity contribution >= 4 is 5.65 Å². The molecule has 0 aliphatic heterocycles. The summed E-state index contributed by atoms with van der Waals surface area (Å²) in [5, 5.41) is 8.05. The van der Waals surface area contributed by atoms with Crippen LogP contribution in [-0.2, 0) is 13.1 Å². The average molecular weight is 345 g/mol. The van der Waals surface area contributed by atoms with E-state index in [2.05, 4.69) is 88.5 Å². The first kappa shape index (κ1) is 16.5. The lowest BCUT2D eigenvalue weighted by Crippen LogP contribution is -2.13. The van der Waals surface area contributed by atoms with Gasteiger partial charge in [-0.1, -0.05) is 18.2 Å². The highest BCUT2D eigenvalue weighted by molar-refractivity contribution is 5.41. The number of aromatic nitrogens is 4. The highest BCUT2D eigenvalue weighted by Gasteiger charge is 2.05. The first-order chi connectivity index (χ1) is 12.6. The molecule has 3 aromatic heterocycles. The number of aryl methyl sites for hydroxylation is 3. The van der Waals surface area contributed by atoms with Crippen LogP contribution in [0.1, 0.15) is 28.2 Å². The van der Waals surface area contributed by atoms with Crippen molar-refractivity contribution in [3.05, 3.63) is 83.1 Å². The van der Waals surface area contributed by atoms with Crippen LogP contribution in [0.4, 0.5) is 0 Å². The summed E-state index contributed by atoms with van der Waals surface area (Å²) in [5.41, 5.74) is 7.77. The minimum absolute atomic E-state index is 0.741. The summed E-state index contributed by atoms with van der Waals surface area (Å²) in [5.74, 6) is 0. The normalized spacial score (nSPS) is 11.3. The molecule has 4 rings (SSSR count). The smallest absolute Gasteiger partial charge is 0.137 e. The van der Waals surface area contributed by atoms with Crippen LogP contribution in [0.25, 0.3) is 11.3 Å². The van der Waals surface area contributed by atoms with Crippen LogP contribution in [0.5, 0.6) is 0 Å². The summed E-state index contributed by atoms with van der Waals surface area (Å²) in [4.78, 5) is 4.65. The Labute approximate surface area is 153 Å². The Balaban J connectivity index is 1.44. The number of benzene rings is 1. The Morgan fingerprint density at radius 1 is 0.962 bits per heavy atom. The van der Waals surface area contributed by atoms with Crippen molar-refractivity contribution in [3.8, 4) is 5.69 Å². The molecule has 0 amide bonds. The van der Waals surface area contributed by atoms with E-state index < -0.39 is 0 Å². The molecule has 3 heterocycles. The molecule has 0 saturated carbocycles. The zero-order valence-electron chi connectivity index (χ0n) is 15.4. The maximum atomic E-state index is 4.65. The molecular weight excluding hydrogens is 322 g/mol. The second-order valence-corrected chi connectivity index (χ2v) is 6.82. The summed E-state index contributed by atoms with van der Waals surface area (Å²) in [6, 6.07) is 14.7. The monoisotopic (exact) mass is 345 g/mol. The predicted molar refractivity (Wildman–Crippen MR) is 104 cm³/mol. The lowest BCUT2D eigenvalue weighted by molar-refractivity contribution is 0.681. The van der Waals surface area contributed by atoms with Gasteiger partial charge in [-0.15, -0.1) is 0 Å². The van der Waals surface area contributed by atoms with Crippen LogP contribution in [0.3, 0.4) is 0 Å². The number of hydrogen-bond acceptors (Lipinski definition) is 3. The topological polar surface area (TPSA) is 47.2 Å². The van der Waals surface area contributed by atoms with Gasteiger partial charge in [0, 0.05) is 31.2 Å². The maximum Gasteiger partial charge on any atom is 0.137 e. The van der Waals surface area contributed by atoms with Gasteiger partial charge in [0.1, 0.15) is 5.65 Å². The summed E-state index contributed by atoms with van der Waals surface area (Å²) in [7, 11) is 0. The zero-order valence-corrected chi connectivity index (χ0v) is 15.4. The van der Waals surface area contributed by atoms with Crippen LogP contribution in [-0.4, -0.2) is 19.2 Å². The lowest BCUT2D eigenvalue weighted by atomic mass is 10.2. The van der Waals surface area contributed by atoms with E-state index >= 15 is 0 Å². The van der Waals surface area contributed by atoms with Gasteiger partial charge in [0.15, 0.2) is 0 Å². The molecule has 26 heavy (non-hydrogen) atoms. The third kappa shape index (κ3) is 3.39. The molecule has 5 heteroatoms. The average Bonchev–Trinajstić information content (AvgIpc) is 3.16. The first-order valence-electron chi connectivity index (χ1n) is 8.86. The van der Waals surface area contributed by atoms with E-state index in [1.165, 1.54) is 11.1 Å². The van der Waals surface area contributed by atoms with Crippen molar-refractivity contribution in [2.24, 2.45) is 0 Å². The second-order valence-electron chi connectivity index (χ2n) is 6.82. The molecular formula is C21H23N5. The molecule has 5 nitrogen and oxygen atoms in total. The number of nitrogens with zero attached hydrogens (tertiary/aromatic N) is 4. The second kappa shape index (κ2) is 6.77. The number of rotatable bonds is 5.